The maximum absolute atomic E-state index is 12.4. The van der Waals surface area contributed by atoms with E-state index in [-0.39, 0.29) is 17.7 Å². The summed E-state index contributed by atoms with van der Waals surface area (Å²) in [4.78, 5) is 24.3. The Labute approximate surface area is 136 Å². The lowest BCUT2D eigenvalue weighted by Crippen LogP contribution is -2.67. The number of aldehydes is 1. The van der Waals surface area contributed by atoms with Gasteiger partial charge in [-0.15, -0.1) is 11.6 Å². The maximum atomic E-state index is 12.4. The molecule has 124 valence electrons. The van der Waals surface area contributed by atoms with Crippen LogP contribution in [0.2, 0.25) is 0 Å². The third kappa shape index (κ3) is 2.49. The monoisotopic (exact) mass is 329 g/mol. The number of aliphatic hydroxyl groups excluding tert-OH is 1. The van der Waals surface area contributed by atoms with Crippen molar-refractivity contribution in [1.29, 1.82) is 0 Å². The Bertz CT molecular complexity index is 469. The van der Waals surface area contributed by atoms with Crippen molar-refractivity contribution in [2.24, 2.45) is 11.8 Å². The fourth-order valence-corrected chi connectivity index (χ4v) is 4.02. The van der Waals surface area contributed by atoms with Crippen LogP contribution in [0.1, 0.15) is 32.6 Å². The summed E-state index contributed by atoms with van der Waals surface area (Å²) in [5, 5.41) is 13.6. The highest BCUT2D eigenvalue weighted by Gasteiger charge is 2.66. The van der Waals surface area contributed by atoms with Gasteiger partial charge in [0, 0.05) is 18.9 Å². The Hall–Kier alpha value is -0.910. The minimum atomic E-state index is -1.46. The van der Waals surface area contributed by atoms with E-state index in [9.17, 15) is 14.7 Å². The zero-order valence-corrected chi connectivity index (χ0v) is 13.8. The first-order chi connectivity index (χ1) is 10.5. The van der Waals surface area contributed by atoms with Crippen molar-refractivity contribution < 1.29 is 19.4 Å². The topological polar surface area (TPSA) is 75.6 Å². The predicted molar refractivity (Wildman–Crippen MR) is 83.7 cm³/mol. The Kier molecular flexibility index (Phi) is 5.30. The van der Waals surface area contributed by atoms with E-state index in [1.165, 1.54) is 7.11 Å². The zero-order valence-electron chi connectivity index (χ0n) is 13.0. The second kappa shape index (κ2) is 6.69. The minimum Gasteiger partial charge on any atom is -0.389 e. The molecule has 0 spiro atoms. The maximum Gasteiger partial charge on any atom is 0.227 e. The summed E-state index contributed by atoms with van der Waals surface area (Å²) in [7, 11) is 1.46. The molecular weight excluding hydrogens is 306 g/mol. The summed E-state index contributed by atoms with van der Waals surface area (Å²) in [5.41, 5.74) is -2.59. The van der Waals surface area contributed by atoms with Crippen LogP contribution in [0.15, 0.2) is 12.2 Å². The number of ether oxygens (including phenoxy) is 1. The van der Waals surface area contributed by atoms with Gasteiger partial charge in [-0.25, -0.2) is 0 Å². The smallest absolute Gasteiger partial charge is 0.227 e. The zero-order chi connectivity index (χ0) is 16.4. The number of allylic oxidation sites excluding steroid dienone is 1. The van der Waals surface area contributed by atoms with Crippen LogP contribution < -0.4 is 5.32 Å². The van der Waals surface area contributed by atoms with Gasteiger partial charge in [-0.05, 0) is 32.6 Å². The molecule has 5 atom stereocenters. The van der Waals surface area contributed by atoms with Gasteiger partial charge in [0.05, 0.1) is 12.0 Å². The van der Waals surface area contributed by atoms with Gasteiger partial charge in [0.15, 0.2) is 11.8 Å². The van der Waals surface area contributed by atoms with Gasteiger partial charge in [-0.2, -0.15) is 0 Å². The Morgan fingerprint density at radius 1 is 1.64 bits per heavy atom. The largest absolute Gasteiger partial charge is 0.389 e. The number of carbonyl (C=O) groups is 2. The molecule has 2 unspecified atom stereocenters. The number of rotatable bonds is 6. The summed E-state index contributed by atoms with van der Waals surface area (Å²) >= 11 is 5.80. The molecule has 0 aromatic rings. The van der Waals surface area contributed by atoms with Gasteiger partial charge in [0.25, 0.3) is 0 Å². The van der Waals surface area contributed by atoms with Crippen molar-refractivity contribution in [1.82, 2.24) is 5.32 Å². The van der Waals surface area contributed by atoms with Crippen LogP contribution in [0, 0.1) is 11.8 Å². The molecule has 1 amide bonds. The fourth-order valence-electron chi connectivity index (χ4n) is 3.80. The van der Waals surface area contributed by atoms with Gasteiger partial charge in [0.2, 0.25) is 5.91 Å². The molecule has 5 nitrogen and oxygen atoms in total. The first-order valence-electron chi connectivity index (χ1n) is 7.71. The van der Waals surface area contributed by atoms with Crippen LogP contribution in [0.25, 0.3) is 0 Å². The Morgan fingerprint density at radius 3 is 2.86 bits per heavy atom. The van der Waals surface area contributed by atoms with E-state index in [1.807, 2.05) is 12.2 Å². The number of alkyl halides is 1. The van der Waals surface area contributed by atoms with E-state index in [2.05, 4.69) is 5.32 Å². The second-order valence-corrected chi connectivity index (χ2v) is 6.66. The van der Waals surface area contributed by atoms with E-state index in [0.717, 1.165) is 19.3 Å². The molecule has 1 fully saturated rings. The average Bonchev–Trinajstić information content (AvgIpc) is 2.77. The van der Waals surface area contributed by atoms with Gasteiger partial charge in [0.1, 0.15) is 5.60 Å². The second-order valence-electron chi connectivity index (χ2n) is 6.29. The van der Waals surface area contributed by atoms with Crippen molar-refractivity contribution in [2.45, 2.75) is 49.9 Å². The third-order valence-corrected chi connectivity index (χ3v) is 5.52. The first-order valence-corrected chi connectivity index (χ1v) is 8.24. The molecule has 1 aliphatic heterocycles. The van der Waals surface area contributed by atoms with Gasteiger partial charge in [-0.3, -0.25) is 4.79 Å². The van der Waals surface area contributed by atoms with E-state index in [0.29, 0.717) is 12.7 Å². The predicted octanol–water partition coefficient (Wildman–Crippen LogP) is 1.42. The van der Waals surface area contributed by atoms with Gasteiger partial charge < -0.3 is 20.0 Å². The van der Waals surface area contributed by atoms with Crippen LogP contribution in [-0.4, -0.2) is 47.5 Å². The van der Waals surface area contributed by atoms with E-state index in [1.54, 1.807) is 6.92 Å². The highest BCUT2D eigenvalue weighted by atomic mass is 35.5. The van der Waals surface area contributed by atoms with Crippen molar-refractivity contribution in [2.75, 3.05) is 13.0 Å². The standard InChI is InChI=1S/C16H24ClNO4/c1-15(22-2)12(8-9-17)14(21)18-16(15,10-19)13(20)11-6-4-3-5-7-11/h4,6,10-13,20H,3,5,7-9H2,1-2H3,(H,18,21)/t11?,12-,13?,15-,16+/m1/s1. The average molecular weight is 330 g/mol. The molecule has 22 heavy (non-hydrogen) atoms. The molecule has 0 aromatic heterocycles. The van der Waals surface area contributed by atoms with E-state index < -0.39 is 23.2 Å². The van der Waals surface area contributed by atoms with Crippen LogP contribution in [0.5, 0.6) is 0 Å². The minimum absolute atomic E-state index is 0.177. The van der Waals surface area contributed by atoms with E-state index in [4.69, 9.17) is 16.3 Å². The number of carbonyl (C=O) groups excluding carboxylic acids is 2. The third-order valence-electron chi connectivity index (χ3n) is 5.30. The number of hydrogen-bond acceptors (Lipinski definition) is 4. The molecule has 1 aliphatic carbocycles. The van der Waals surface area contributed by atoms with Gasteiger partial charge in [-0.1, -0.05) is 12.2 Å². The first kappa shape index (κ1) is 17.4. The summed E-state index contributed by atoms with van der Waals surface area (Å²) in [6.07, 6.45) is 6.63. The Morgan fingerprint density at radius 2 is 2.36 bits per heavy atom. The number of aliphatic hydroxyl groups is 1. The summed E-state index contributed by atoms with van der Waals surface area (Å²) in [6, 6.07) is 0. The van der Waals surface area contributed by atoms with Crippen LogP contribution >= 0.6 is 11.6 Å². The summed E-state index contributed by atoms with van der Waals surface area (Å²) in [6.45, 7) is 1.70. The molecule has 1 saturated heterocycles. The fraction of sp³-hybridized carbons (Fsp3) is 0.750. The quantitative estimate of drug-likeness (QED) is 0.439. The molecule has 0 saturated carbocycles. The summed E-state index contributed by atoms with van der Waals surface area (Å²) < 4.78 is 5.60. The molecule has 0 radical (unpaired) electrons. The lowest BCUT2D eigenvalue weighted by molar-refractivity contribution is -0.146. The molecule has 2 rings (SSSR count). The number of hydrogen-bond donors (Lipinski definition) is 2. The van der Waals surface area contributed by atoms with Crippen molar-refractivity contribution in [3.05, 3.63) is 12.2 Å². The van der Waals surface area contributed by atoms with Crippen molar-refractivity contribution in [3.63, 3.8) is 0 Å². The number of amides is 1. The highest BCUT2D eigenvalue weighted by Crippen LogP contribution is 2.44. The number of nitrogens with one attached hydrogen (secondary N) is 1. The van der Waals surface area contributed by atoms with E-state index >= 15 is 0 Å². The van der Waals surface area contributed by atoms with Crippen LogP contribution in [-0.2, 0) is 14.3 Å². The van der Waals surface area contributed by atoms with Crippen molar-refractivity contribution in [3.8, 4) is 0 Å². The lowest BCUT2D eigenvalue weighted by atomic mass is 9.69. The van der Waals surface area contributed by atoms with Crippen LogP contribution in [0.4, 0.5) is 0 Å². The molecule has 1 heterocycles. The number of halogens is 1. The van der Waals surface area contributed by atoms with Crippen molar-refractivity contribution >= 4 is 23.8 Å². The number of methoxy groups -OCH3 is 1. The molecule has 0 bridgehead atoms. The molecule has 2 aliphatic rings. The normalized spacial score (nSPS) is 39.5. The molecule has 2 N–H and O–H groups in total. The van der Waals surface area contributed by atoms with Crippen LogP contribution in [0.3, 0.4) is 0 Å². The molecule has 0 aromatic carbocycles. The van der Waals surface area contributed by atoms with Gasteiger partial charge >= 0.3 is 0 Å². The highest BCUT2D eigenvalue weighted by molar-refractivity contribution is 6.18. The summed E-state index contributed by atoms with van der Waals surface area (Å²) in [5.74, 6) is -0.757. The Balaban J connectivity index is 2.42. The molecule has 6 heteroatoms. The SMILES string of the molecule is CO[C@]1(C)[C@H](CCCl)C(=O)N[C@@]1(C=O)C(O)C1C=CCCC1. The lowest BCUT2D eigenvalue weighted by Gasteiger charge is -2.45. The molecular formula is C16H24ClNO4.